The number of rotatable bonds is 36. The van der Waals surface area contributed by atoms with Crippen molar-refractivity contribution in [2.75, 3.05) is 26.3 Å². The summed E-state index contributed by atoms with van der Waals surface area (Å²) < 4.78 is 0. The first-order chi connectivity index (χ1) is 22.5. The average Bonchev–Trinajstić information content (AvgIpc) is 3.06. The summed E-state index contributed by atoms with van der Waals surface area (Å²) >= 11 is 0. The standard InChI is InChI=1S/C39H78N2O5/c1-3-5-7-9-11-13-15-17-19-21-23-25-27-35(29-31-42)38(45)40-33-37(44)34-41-39(46)36(30-32-43)28-26-24-22-20-18-16-14-12-10-8-6-4-2/h35-37,42-44H,3-34H2,1-2H3,(H,40,45)(H,41,46). The summed E-state index contributed by atoms with van der Waals surface area (Å²) in [6, 6.07) is 0. The zero-order valence-corrected chi connectivity index (χ0v) is 30.5. The highest BCUT2D eigenvalue weighted by Crippen LogP contribution is 2.18. The molecule has 0 aliphatic carbocycles. The first-order valence-electron chi connectivity index (χ1n) is 19.9. The Bertz CT molecular complexity index is 608. The van der Waals surface area contributed by atoms with E-state index >= 15 is 0 Å². The van der Waals surface area contributed by atoms with Crippen LogP contribution in [0.2, 0.25) is 0 Å². The van der Waals surface area contributed by atoms with Gasteiger partial charge in [0.15, 0.2) is 0 Å². The van der Waals surface area contributed by atoms with Gasteiger partial charge in [-0.3, -0.25) is 9.59 Å². The van der Waals surface area contributed by atoms with Crippen LogP contribution in [-0.2, 0) is 9.59 Å². The van der Waals surface area contributed by atoms with E-state index < -0.39 is 6.10 Å². The highest BCUT2D eigenvalue weighted by atomic mass is 16.3. The Labute approximate surface area is 284 Å². The minimum Gasteiger partial charge on any atom is -0.396 e. The Hall–Kier alpha value is -1.18. The maximum atomic E-state index is 12.7. The van der Waals surface area contributed by atoms with Gasteiger partial charge in [0.25, 0.3) is 0 Å². The number of carbonyl (C=O) groups is 2. The summed E-state index contributed by atoms with van der Waals surface area (Å²) in [7, 11) is 0. The van der Waals surface area contributed by atoms with Crippen LogP contribution >= 0.6 is 0 Å². The number of hydrogen-bond acceptors (Lipinski definition) is 5. The third-order valence-corrected chi connectivity index (χ3v) is 9.53. The molecule has 0 aromatic heterocycles. The Kier molecular flexibility index (Phi) is 34.2. The van der Waals surface area contributed by atoms with Gasteiger partial charge in [0, 0.05) is 38.1 Å². The second-order valence-corrected chi connectivity index (χ2v) is 13.9. The molecule has 2 atom stereocenters. The molecule has 0 bridgehead atoms. The van der Waals surface area contributed by atoms with E-state index in [0.717, 1.165) is 38.5 Å². The molecule has 7 heteroatoms. The van der Waals surface area contributed by atoms with Crippen molar-refractivity contribution in [2.45, 2.75) is 200 Å². The van der Waals surface area contributed by atoms with E-state index in [2.05, 4.69) is 24.5 Å². The first-order valence-corrected chi connectivity index (χ1v) is 19.9. The fourth-order valence-corrected chi connectivity index (χ4v) is 6.39. The van der Waals surface area contributed by atoms with Crippen LogP contribution in [0, 0.1) is 11.8 Å². The quantitative estimate of drug-likeness (QED) is 0.0433. The van der Waals surface area contributed by atoms with Gasteiger partial charge in [-0.15, -0.1) is 0 Å². The molecule has 0 aromatic carbocycles. The number of aliphatic hydroxyl groups excluding tert-OH is 3. The molecular formula is C39H78N2O5. The zero-order valence-electron chi connectivity index (χ0n) is 30.5. The number of unbranched alkanes of at least 4 members (excludes halogenated alkanes) is 22. The summed E-state index contributed by atoms with van der Waals surface area (Å²) in [6.07, 6.45) is 32.0. The molecule has 274 valence electrons. The van der Waals surface area contributed by atoms with Gasteiger partial charge < -0.3 is 26.0 Å². The average molecular weight is 655 g/mol. The highest BCUT2D eigenvalue weighted by molar-refractivity contribution is 5.79. The predicted molar refractivity (Wildman–Crippen MR) is 194 cm³/mol. The molecule has 46 heavy (non-hydrogen) atoms. The van der Waals surface area contributed by atoms with Crippen molar-refractivity contribution >= 4 is 11.8 Å². The summed E-state index contributed by atoms with van der Waals surface area (Å²) in [4.78, 5) is 25.5. The molecule has 0 rings (SSSR count). The molecule has 0 aliphatic rings. The van der Waals surface area contributed by atoms with Gasteiger partial charge >= 0.3 is 0 Å². The van der Waals surface area contributed by atoms with E-state index in [-0.39, 0.29) is 50.0 Å². The second-order valence-electron chi connectivity index (χ2n) is 13.9. The first kappa shape index (κ1) is 44.8. The number of aliphatic hydroxyl groups is 3. The van der Waals surface area contributed by atoms with E-state index in [1.807, 2.05) is 0 Å². The lowest BCUT2D eigenvalue weighted by Gasteiger charge is -2.20. The fourth-order valence-electron chi connectivity index (χ4n) is 6.39. The van der Waals surface area contributed by atoms with Crippen LogP contribution in [0.15, 0.2) is 0 Å². The van der Waals surface area contributed by atoms with E-state index in [0.29, 0.717) is 12.8 Å². The van der Waals surface area contributed by atoms with Crippen LogP contribution in [0.5, 0.6) is 0 Å². The van der Waals surface area contributed by atoms with E-state index in [9.17, 15) is 24.9 Å². The van der Waals surface area contributed by atoms with Gasteiger partial charge in [0.05, 0.1) is 6.10 Å². The Balaban J connectivity index is 4.05. The van der Waals surface area contributed by atoms with Gasteiger partial charge in [-0.25, -0.2) is 0 Å². The van der Waals surface area contributed by atoms with Gasteiger partial charge in [-0.05, 0) is 25.7 Å². The third-order valence-electron chi connectivity index (χ3n) is 9.53. The van der Waals surface area contributed by atoms with Crippen molar-refractivity contribution in [2.24, 2.45) is 11.8 Å². The molecule has 0 saturated carbocycles. The maximum absolute atomic E-state index is 12.7. The summed E-state index contributed by atoms with van der Waals surface area (Å²) in [5.41, 5.74) is 0. The monoisotopic (exact) mass is 655 g/mol. The van der Waals surface area contributed by atoms with E-state index in [1.165, 1.54) is 128 Å². The molecule has 0 fully saturated rings. The molecule has 0 heterocycles. The van der Waals surface area contributed by atoms with Crippen LogP contribution in [0.3, 0.4) is 0 Å². The van der Waals surface area contributed by atoms with Crippen molar-refractivity contribution in [1.82, 2.24) is 10.6 Å². The van der Waals surface area contributed by atoms with Crippen molar-refractivity contribution in [3.05, 3.63) is 0 Å². The lowest BCUT2D eigenvalue weighted by Crippen LogP contribution is -2.43. The predicted octanol–water partition coefficient (Wildman–Crippen LogP) is 8.76. The van der Waals surface area contributed by atoms with Gasteiger partial charge in [0.1, 0.15) is 0 Å². The molecule has 0 aliphatic heterocycles. The lowest BCUT2D eigenvalue weighted by molar-refractivity contribution is -0.126. The lowest BCUT2D eigenvalue weighted by atomic mass is 9.96. The normalized spacial score (nSPS) is 13.4. The Morgan fingerprint density at radius 1 is 0.435 bits per heavy atom. The smallest absolute Gasteiger partial charge is 0.223 e. The molecule has 0 spiro atoms. The van der Waals surface area contributed by atoms with Crippen LogP contribution in [-0.4, -0.2) is 59.5 Å². The van der Waals surface area contributed by atoms with Gasteiger partial charge in [0.2, 0.25) is 11.8 Å². The molecule has 2 unspecified atom stereocenters. The third kappa shape index (κ3) is 29.0. The van der Waals surface area contributed by atoms with Gasteiger partial charge in [-0.1, -0.05) is 168 Å². The summed E-state index contributed by atoms with van der Waals surface area (Å²) in [5, 5.41) is 35.0. The SMILES string of the molecule is CCCCCCCCCCCCCCC(CCO)C(=O)NCC(O)CNC(=O)C(CCO)CCCCCCCCCCCCCC. The summed E-state index contributed by atoms with van der Waals surface area (Å²) in [5.74, 6) is -0.765. The maximum Gasteiger partial charge on any atom is 0.223 e. The van der Waals surface area contributed by atoms with Crippen LogP contribution in [0.4, 0.5) is 0 Å². The molecule has 0 radical (unpaired) electrons. The topological polar surface area (TPSA) is 119 Å². The largest absolute Gasteiger partial charge is 0.396 e. The summed E-state index contributed by atoms with van der Waals surface area (Å²) in [6.45, 7) is 4.60. The molecule has 5 N–H and O–H groups in total. The molecule has 2 amide bonds. The van der Waals surface area contributed by atoms with Crippen molar-refractivity contribution in [3.8, 4) is 0 Å². The molecule has 0 aromatic rings. The van der Waals surface area contributed by atoms with Crippen LogP contribution in [0.25, 0.3) is 0 Å². The van der Waals surface area contributed by atoms with Crippen molar-refractivity contribution in [3.63, 3.8) is 0 Å². The van der Waals surface area contributed by atoms with E-state index in [4.69, 9.17) is 0 Å². The minimum atomic E-state index is -0.879. The van der Waals surface area contributed by atoms with Crippen molar-refractivity contribution in [1.29, 1.82) is 0 Å². The number of amides is 2. The fraction of sp³-hybridized carbons (Fsp3) is 0.949. The van der Waals surface area contributed by atoms with Crippen molar-refractivity contribution < 1.29 is 24.9 Å². The Morgan fingerprint density at radius 2 is 0.696 bits per heavy atom. The number of carbonyl (C=O) groups excluding carboxylic acids is 2. The van der Waals surface area contributed by atoms with E-state index in [1.54, 1.807) is 0 Å². The Morgan fingerprint density at radius 3 is 0.957 bits per heavy atom. The zero-order chi connectivity index (χ0) is 33.9. The molecule has 0 saturated heterocycles. The molecule has 7 nitrogen and oxygen atoms in total. The highest BCUT2D eigenvalue weighted by Gasteiger charge is 2.21. The van der Waals surface area contributed by atoms with Gasteiger partial charge in [-0.2, -0.15) is 0 Å². The molecular weight excluding hydrogens is 576 g/mol. The second kappa shape index (κ2) is 35.1. The number of hydrogen-bond donors (Lipinski definition) is 5. The number of nitrogens with one attached hydrogen (secondary N) is 2. The minimum absolute atomic E-state index is 0.0274. The van der Waals surface area contributed by atoms with Crippen LogP contribution < -0.4 is 10.6 Å². The van der Waals surface area contributed by atoms with Crippen LogP contribution in [0.1, 0.15) is 194 Å².